The lowest BCUT2D eigenvalue weighted by molar-refractivity contribution is 0.0409. The van der Waals surface area contributed by atoms with Crippen LogP contribution in [-0.4, -0.2) is 26.1 Å². The van der Waals surface area contributed by atoms with Crippen LogP contribution in [0.3, 0.4) is 0 Å². The van der Waals surface area contributed by atoms with Crippen molar-refractivity contribution >= 4 is 27.9 Å². The number of benzene rings is 2. The Balaban J connectivity index is 1.68. The number of rotatable bonds is 2. The summed E-state index contributed by atoms with van der Waals surface area (Å²) < 4.78 is 0. The van der Waals surface area contributed by atoms with E-state index in [0.717, 1.165) is 15.7 Å². The van der Waals surface area contributed by atoms with E-state index in [-0.39, 0.29) is 0 Å². The number of hydrogen-bond donors (Lipinski definition) is 1. The zero-order valence-electron chi connectivity index (χ0n) is 10.9. The fraction of sp³-hybridized carbons (Fsp3) is 0. The summed E-state index contributed by atoms with van der Waals surface area (Å²) in [5.74, 6) is -0.478. The Kier molecular flexibility index (Phi) is 2.47. The van der Waals surface area contributed by atoms with E-state index >= 15 is 0 Å². The molecule has 0 aliphatic carbocycles. The number of aromatic nitrogens is 4. The molecule has 0 aliphatic rings. The van der Waals surface area contributed by atoms with Crippen molar-refractivity contribution in [1.82, 2.24) is 20.1 Å². The Morgan fingerprint density at radius 2 is 2.05 bits per heavy atom. The van der Waals surface area contributed by atoms with Crippen molar-refractivity contribution in [3.8, 4) is 0 Å². The lowest BCUT2D eigenvalue weighted by Crippen LogP contribution is -2.20. The molecule has 2 aromatic heterocycles. The Hall–Kier alpha value is -3.15. The molecule has 0 aliphatic heterocycles. The van der Waals surface area contributed by atoms with Gasteiger partial charge in [-0.25, -0.2) is 4.79 Å². The van der Waals surface area contributed by atoms with Crippen molar-refractivity contribution in [3.05, 3.63) is 60.3 Å². The predicted molar refractivity (Wildman–Crippen MR) is 76.7 cm³/mol. The van der Waals surface area contributed by atoms with E-state index in [9.17, 15) is 4.79 Å². The second-order valence-electron chi connectivity index (χ2n) is 4.61. The number of H-pyrrole nitrogens is 1. The summed E-state index contributed by atoms with van der Waals surface area (Å²) in [6.45, 7) is 0. The van der Waals surface area contributed by atoms with Crippen LogP contribution in [0.1, 0.15) is 10.4 Å². The van der Waals surface area contributed by atoms with Gasteiger partial charge in [0.25, 0.3) is 0 Å². The second-order valence-corrected chi connectivity index (χ2v) is 4.61. The molecule has 0 saturated heterocycles. The molecule has 0 fully saturated rings. The van der Waals surface area contributed by atoms with Crippen molar-refractivity contribution in [3.63, 3.8) is 0 Å². The van der Waals surface area contributed by atoms with Crippen LogP contribution in [-0.2, 0) is 0 Å². The quantitative estimate of drug-likeness (QED) is 0.570. The molecule has 0 atom stereocenters. The molecule has 0 radical (unpaired) electrons. The number of aromatic amines is 1. The van der Waals surface area contributed by atoms with Crippen LogP contribution in [0.25, 0.3) is 21.9 Å². The molecule has 4 aromatic rings. The molecule has 0 bridgehead atoms. The molecule has 0 unspecified atom stereocenters. The Labute approximate surface area is 118 Å². The van der Waals surface area contributed by atoms with Crippen LogP contribution >= 0.6 is 0 Å². The van der Waals surface area contributed by atoms with Gasteiger partial charge in [0, 0.05) is 17.1 Å². The van der Waals surface area contributed by atoms with Gasteiger partial charge in [0.05, 0.1) is 5.56 Å². The number of para-hydroxylation sites is 1. The minimum absolute atomic E-state index is 0.460. The molecule has 0 saturated carbocycles. The molecule has 102 valence electrons. The number of hydrogen-bond acceptors (Lipinski definition) is 4. The maximum absolute atomic E-state index is 12.2. The molecule has 6 heteroatoms. The number of carbonyl (C=O) groups excluding carboxylic acids is 1. The van der Waals surface area contributed by atoms with Gasteiger partial charge in [-0.2, -0.15) is 0 Å². The van der Waals surface area contributed by atoms with Gasteiger partial charge in [-0.15, -0.1) is 5.10 Å². The van der Waals surface area contributed by atoms with Gasteiger partial charge in [-0.3, -0.25) is 0 Å². The first-order valence-corrected chi connectivity index (χ1v) is 6.41. The van der Waals surface area contributed by atoms with Gasteiger partial charge < -0.3 is 9.82 Å². The lowest BCUT2D eigenvalue weighted by atomic mass is 10.1. The molecule has 2 aromatic carbocycles. The van der Waals surface area contributed by atoms with Crippen molar-refractivity contribution in [2.75, 3.05) is 0 Å². The minimum atomic E-state index is -0.478. The first-order valence-electron chi connectivity index (χ1n) is 6.41. The summed E-state index contributed by atoms with van der Waals surface area (Å²) in [5, 5.41) is 8.72. The molecule has 4 rings (SSSR count). The van der Waals surface area contributed by atoms with Crippen molar-refractivity contribution in [2.24, 2.45) is 0 Å². The van der Waals surface area contributed by atoms with Crippen LogP contribution in [0.5, 0.6) is 0 Å². The molecule has 21 heavy (non-hydrogen) atoms. The summed E-state index contributed by atoms with van der Waals surface area (Å²) in [6.07, 6.45) is 1.82. The van der Waals surface area contributed by atoms with Crippen LogP contribution in [0.15, 0.2) is 54.7 Å². The Morgan fingerprint density at radius 3 is 3.00 bits per heavy atom. The number of carbonyl (C=O) groups is 1. The summed E-state index contributed by atoms with van der Waals surface area (Å²) in [6, 6.07) is 14.5. The van der Waals surface area contributed by atoms with Crippen molar-refractivity contribution in [2.45, 2.75) is 0 Å². The molecule has 6 nitrogen and oxygen atoms in total. The highest BCUT2D eigenvalue weighted by atomic mass is 16.7. The van der Waals surface area contributed by atoms with E-state index in [2.05, 4.69) is 15.3 Å². The summed E-state index contributed by atoms with van der Waals surface area (Å²) >= 11 is 0. The van der Waals surface area contributed by atoms with E-state index in [1.807, 2.05) is 30.5 Å². The summed E-state index contributed by atoms with van der Waals surface area (Å²) in [4.78, 5) is 21.7. The summed E-state index contributed by atoms with van der Waals surface area (Å²) in [7, 11) is 0. The number of nitrogens with one attached hydrogen (secondary N) is 1. The largest absolute Gasteiger partial charge is 0.365 e. The second kappa shape index (κ2) is 4.45. The van der Waals surface area contributed by atoms with Gasteiger partial charge in [-0.05, 0) is 41.6 Å². The highest BCUT2D eigenvalue weighted by molar-refractivity contribution is 5.95. The van der Waals surface area contributed by atoms with E-state index in [0.29, 0.717) is 16.6 Å². The third-order valence-electron chi connectivity index (χ3n) is 3.28. The summed E-state index contributed by atoms with van der Waals surface area (Å²) in [5.41, 5.74) is 2.75. The predicted octanol–water partition coefficient (Wildman–Crippen LogP) is 2.18. The van der Waals surface area contributed by atoms with Crippen LogP contribution in [0.4, 0.5) is 0 Å². The fourth-order valence-corrected chi connectivity index (χ4v) is 2.23. The van der Waals surface area contributed by atoms with E-state index in [1.54, 1.807) is 24.3 Å². The fourth-order valence-electron chi connectivity index (χ4n) is 2.23. The van der Waals surface area contributed by atoms with Gasteiger partial charge in [0.1, 0.15) is 11.0 Å². The van der Waals surface area contributed by atoms with Crippen LogP contribution < -0.4 is 4.84 Å². The van der Waals surface area contributed by atoms with Crippen molar-refractivity contribution < 1.29 is 9.63 Å². The van der Waals surface area contributed by atoms with Gasteiger partial charge in [-0.1, -0.05) is 17.0 Å². The van der Waals surface area contributed by atoms with Crippen LogP contribution in [0.2, 0.25) is 0 Å². The average Bonchev–Trinajstić information content (AvgIpc) is 3.13. The number of fused-ring (bicyclic) bond motifs is 2. The smallest absolute Gasteiger partial charge is 0.361 e. The van der Waals surface area contributed by atoms with E-state index < -0.39 is 5.97 Å². The topological polar surface area (TPSA) is 72.8 Å². The third kappa shape index (κ3) is 1.93. The molecular weight excluding hydrogens is 268 g/mol. The van der Waals surface area contributed by atoms with Gasteiger partial charge in [0.2, 0.25) is 0 Å². The third-order valence-corrected chi connectivity index (χ3v) is 3.28. The maximum Gasteiger partial charge on any atom is 0.365 e. The monoisotopic (exact) mass is 278 g/mol. The number of nitrogens with zero attached hydrogens (tertiary/aromatic N) is 3. The van der Waals surface area contributed by atoms with E-state index in [4.69, 9.17) is 4.84 Å². The molecule has 0 amide bonds. The zero-order valence-corrected chi connectivity index (χ0v) is 10.9. The Morgan fingerprint density at radius 1 is 1.14 bits per heavy atom. The molecule has 0 spiro atoms. The van der Waals surface area contributed by atoms with E-state index in [1.165, 1.54) is 0 Å². The zero-order chi connectivity index (χ0) is 14.2. The highest BCUT2D eigenvalue weighted by Crippen LogP contribution is 2.15. The van der Waals surface area contributed by atoms with Crippen LogP contribution in [0, 0.1) is 0 Å². The minimum Gasteiger partial charge on any atom is -0.361 e. The van der Waals surface area contributed by atoms with Crippen molar-refractivity contribution in [1.29, 1.82) is 0 Å². The lowest BCUT2D eigenvalue weighted by Gasteiger charge is -2.03. The molecule has 2 heterocycles. The normalized spacial score (nSPS) is 11.0. The first kappa shape index (κ1) is 11.7. The van der Waals surface area contributed by atoms with Gasteiger partial charge >= 0.3 is 5.97 Å². The first-order chi connectivity index (χ1) is 10.3. The SMILES string of the molecule is O=C(On1nnc2ccccc21)c1ccc2[nH]ccc2c1. The van der Waals surface area contributed by atoms with Gasteiger partial charge in [0.15, 0.2) is 0 Å². The average molecular weight is 278 g/mol. The Bertz CT molecular complexity index is 954. The molecular formula is C15H10N4O2. The highest BCUT2D eigenvalue weighted by Gasteiger charge is 2.12. The standard InChI is InChI=1S/C15H10N4O2/c20-15(11-5-6-12-10(9-11)7-8-16-12)21-19-14-4-2-1-3-13(14)17-18-19/h1-9,16H. The maximum atomic E-state index is 12.2. The molecule has 1 N–H and O–H groups in total.